The molecule has 1 saturated carbocycles. The van der Waals surface area contributed by atoms with Gasteiger partial charge >= 0.3 is 5.97 Å². The summed E-state index contributed by atoms with van der Waals surface area (Å²) in [6.07, 6.45) is 3.73. The minimum atomic E-state index is -1.05. The summed E-state index contributed by atoms with van der Waals surface area (Å²) in [5, 5.41) is 15.1. The molecule has 10 heteroatoms. The van der Waals surface area contributed by atoms with Gasteiger partial charge in [-0.1, -0.05) is 6.92 Å². The van der Waals surface area contributed by atoms with Gasteiger partial charge in [0, 0.05) is 27.1 Å². The number of thiazole rings is 1. The number of anilines is 2. The average molecular weight is 518 g/mol. The summed E-state index contributed by atoms with van der Waals surface area (Å²) in [7, 11) is 0. The van der Waals surface area contributed by atoms with Gasteiger partial charge in [0.2, 0.25) is 5.91 Å². The zero-order valence-electron chi connectivity index (χ0n) is 19.2. The van der Waals surface area contributed by atoms with E-state index in [-0.39, 0.29) is 28.7 Å². The zero-order chi connectivity index (χ0) is 24.4. The molecule has 0 saturated heterocycles. The van der Waals surface area contributed by atoms with Gasteiger partial charge in [-0.3, -0.25) is 9.59 Å². The second-order valence-electron chi connectivity index (χ2n) is 8.88. The highest BCUT2D eigenvalue weighted by Gasteiger charge is 2.33. The first-order chi connectivity index (χ1) is 16.2. The molecule has 4 rings (SSSR count). The highest BCUT2D eigenvalue weighted by Crippen LogP contribution is 2.42. The molecule has 1 aliphatic rings. The summed E-state index contributed by atoms with van der Waals surface area (Å²) in [6, 6.07) is 5.28. The Morgan fingerprint density at radius 1 is 1.12 bits per heavy atom. The lowest BCUT2D eigenvalue weighted by Gasteiger charge is -2.33. The first-order valence-corrected chi connectivity index (χ1v) is 13.8. The second-order valence-corrected chi connectivity index (χ2v) is 11.7. The molecule has 3 aromatic rings. The number of carboxylic acid groups (broad SMARTS) is 1. The maximum absolute atomic E-state index is 13.5. The van der Waals surface area contributed by atoms with Crippen LogP contribution < -0.4 is 10.2 Å². The molecule has 0 bridgehead atoms. The number of amides is 2. The topological polar surface area (TPSA) is 99.6 Å². The van der Waals surface area contributed by atoms with E-state index >= 15 is 0 Å². The molecule has 3 heterocycles. The number of hydrogen-bond donors (Lipinski definition) is 2. The third-order valence-corrected chi connectivity index (χ3v) is 8.93. The number of carbonyl (C=O) groups excluding carboxylic acids is 2. The standard InChI is InChI=1S/C24H27N3O4S3/c1-13(2)27(23(29)15-6-4-14(3)5-7-15)17-10-19(34-21(17)24(30)31)18-8-9-20(33-18)26-22(28)16-11-32-12-25-16/h8-15H,4-7H2,1-3H3,(H,26,28)(H,30,31)/t14-,15-. The molecule has 3 aromatic heterocycles. The van der Waals surface area contributed by atoms with Crippen LogP contribution in [0.4, 0.5) is 10.7 Å². The predicted molar refractivity (Wildman–Crippen MR) is 138 cm³/mol. The smallest absolute Gasteiger partial charge is 0.348 e. The number of aromatic nitrogens is 1. The lowest BCUT2D eigenvalue weighted by molar-refractivity contribution is -0.123. The van der Waals surface area contributed by atoms with Crippen molar-refractivity contribution in [1.29, 1.82) is 0 Å². The number of hydrogen-bond acceptors (Lipinski definition) is 7. The Hall–Kier alpha value is -2.56. The molecule has 0 aliphatic heterocycles. The van der Waals surface area contributed by atoms with Crippen LogP contribution >= 0.6 is 34.0 Å². The van der Waals surface area contributed by atoms with Crippen molar-refractivity contribution in [3.63, 3.8) is 0 Å². The number of nitrogens with zero attached hydrogens (tertiary/aromatic N) is 2. The summed E-state index contributed by atoms with van der Waals surface area (Å²) >= 11 is 3.86. The van der Waals surface area contributed by atoms with E-state index in [4.69, 9.17) is 0 Å². The molecule has 1 aliphatic carbocycles. The molecule has 0 unspecified atom stereocenters. The largest absolute Gasteiger partial charge is 0.477 e. The fourth-order valence-electron chi connectivity index (χ4n) is 4.23. The highest BCUT2D eigenvalue weighted by atomic mass is 32.1. The van der Waals surface area contributed by atoms with Crippen LogP contribution in [0.25, 0.3) is 9.75 Å². The molecule has 0 spiro atoms. The number of carbonyl (C=O) groups is 3. The monoisotopic (exact) mass is 517 g/mol. The predicted octanol–water partition coefficient (Wildman–Crippen LogP) is 6.45. The summed E-state index contributed by atoms with van der Waals surface area (Å²) in [6.45, 7) is 6.05. The number of aromatic carboxylic acids is 1. The number of carboxylic acids is 1. The Balaban J connectivity index is 1.61. The van der Waals surface area contributed by atoms with Crippen LogP contribution in [0, 0.1) is 11.8 Å². The van der Waals surface area contributed by atoms with Crippen LogP contribution in [-0.2, 0) is 4.79 Å². The normalized spacial score (nSPS) is 18.1. The van der Waals surface area contributed by atoms with E-state index in [1.807, 2.05) is 19.9 Å². The van der Waals surface area contributed by atoms with Crippen LogP contribution in [-0.4, -0.2) is 33.9 Å². The molecule has 0 aromatic carbocycles. The van der Waals surface area contributed by atoms with Gasteiger partial charge in [-0.2, -0.15) is 0 Å². The van der Waals surface area contributed by atoms with Gasteiger partial charge in [0.15, 0.2) is 0 Å². The Morgan fingerprint density at radius 3 is 2.47 bits per heavy atom. The van der Waals surface area contributed by atoms with Crippen molar-refractivity contribution in [2.75, 3.05) is 10.2 Å². The third-order valence-electron chi connectivity index (χ3n) is 6.04. The third kappa shape index (κ3) is 5.24. The molecule has 7 nitrogen and oxygen atoms in total. The average Bonchev–Trinajstić information content (AvgIpc) is 3.55. The van der Waals surface area contributed by atoms with Crippen molar-refractivity contribution in [2.45, 2.75) is 52.5 Å². The van der Waals surface area contributed by atoms with Crippen LogP contribution in [0.1, 0.15) is 66.6 Å². The number of rotatable bonds is 7. The van der Waals surface area contributed by atoms with Crippen molar-refractivity contribution in [3.05, 3.63) is 39.7 Å². The summed E-state index contributed by atoms with van der Waals surface area (Å²) in [5.74, 6) is -0.765. The van der Waals surface area contributed by atoms with Gasteiger partial charge in [0.05, 0.1) is 16.2 Å². The van der Waals surface area contributed by atoms with Crippen LogP contribution in [0.3, 0.4) is 0 Å². The van der Waals surface area contributed by atoms with Gasteiger partial charge in [-0.25, -0.2) is 9.78 Å². The van der Waals surface area contributed by atoms with Gasteiger partial charge in [-0.05, 0) is 63.6 Å². The fourth-order valence-corrected chi connectivity index (χ4v) is 6.73. The quantitative estimate of drug-likeness (QED) is 0.375. The van der Waals surface area contributed by atoms with E-state index in [9.17, 15) is 19.5 Å². The van der Waals surface area contributed by atoms with Gasteiger partial charge < -0.3 is 15.3 Å². The van der Waals surface area contributed by atoms with E-state index in [0.717, 1.165) is 46.8 Å². The molecule has 0 atom stereocenters. The lowest BCUT2D eigenvalue weighted by atomic mass is 9.82. The van der Waals surface area contributed by atoms with E-state index in [1.54, 1.807) is 27.9 Å². The molecule has 34 heavy (non-hydrogen) atoms. The van der Waals surface area contributed by atoms with E-state index in [0.29, 0.717) is 22.3 Å². The zero-order valence-corrected chi connectivity index (χ0v) is 21.7. The first-order valence-electron chi connectivity index (χ1n) is 11.2. The molecule has 2 N–H and O–H groups in total. The van der Waals surface area contributed by atoms with Crippen molar-refractivity contribution < 1.29 is 19.5 Å². The fraction of sp³-hybridized carbons (Fsp3) is 0.417. The Kier molecular flexibility index (Phi) is 7.49. The summed E-state index contributed by atoms with van der Waals surface area (Å²) < 4.78 is 0. The first kappa shape index (κ1) is 24.6. The Morgan fingerprint density at radius 2 is 1.85 bits per heavy atom. The molecule has 2 amide bonds. The minimum Gasteiger partial charge on any atom is -0.477 e. The van der Waals surface area contributed by atoms with Crippen molar-refractivity contribution in [3.8, 4) is 9.75 Å². The van der Waals surface area contributed by atoms with Gasteiger partial charge in [0.1, 0.15) is 10.6 Å². The molecule has 0 radical (unpaired) electrons. The Labute approximate surface area is 210 Å². The number of thiophene rings is 2. The molecular weight excluding hydrogens is 490 g/mol. The molecule has 1 fully saturated rings. The van der Waals surface area contributed by atoms with E-state index < -0.39 is 5.97 Å². The maximum atomic E-state index is 13.5. The SMILES string of the molecule is CC(C)N(c1cc(-c2ccc(NC(=O)c3cscn3)s2)sc1C(=O)O)C(=O)[C@H]1CC[C@H](C)CC1. The maximum Gasteiger partial charge on any atom is 0.348 e. The second kappa shape index (κ2) is 10.4. The van der Waals surface area contributed by atoms with E-state index in [2.05, 4.69) is 17.2 Å². The highest BCUT2D eigenvalue weighted by molar-refractivity contribution is 7.25. The lowest BCUT2D eigenvalue weighted by Crippen LogP contribution is -2.42. The minimum absolute atomic E-state index is 0.0103. The van der Waals surface area contributed by atoms with Gasteiger partial charge in [-0.15, -0.1) is 34.0 Å². The van der Waals surface area contributed by atoms with Crippen molar-refractivity contribution in [2.24, 2.45) is 11.8 Å². The summed E-state index contributed by atoms with van der Waals surface area (Å²) in [4.78, 5) is 45.3. The Bertz CT molecular complexity index is 1170. The van der Waals surface area contributed by atoms with Crippen molar-refractivity contribution in [1.82, 2.24) is 4.98 Å². The number of nitrogens with one attached hydrogen (secondary N) is 1. The van der Waals surface area contributed by atoms with E-state index in [1.165, 1.54) is 22.7 Å². The molecule has 180 valence electrons. The van der Waals surface area contributed by atoms with Gasteiger partial charge in [0.25, 0.3) is 5.91 Å². The van der Waals surface area contributed by atoms with Crippen LogP contribution in [0.2, 0.25) is 0 Å². The van der Waals surface area contributed by atoms with Crippen LogP contribution in [0.5, 0.6) is 0 Å². The summed E-state index contributed by atoms with van der Waals surface area (Å²) in [5.41, 5.74) is 2.41. The van der Waals surface area contributed by atoms with Crippen LogP contribution in [0.15, 0.2) is 29.1 Å². The van der Waals surface area contributed by atoms with Crippen molar-refractivity contribution >= 4 is 62.5 Å². The molecular formula is C24H27N3O4S3.